The maximum atomic E-state index is 11.6. The lowest BCUT2D eigenvalue weighted by atomic mass is 10.1. The highest BCUT2D eigenvalue weighted by atomic mass is 16.5. The van der Waals surface area contributed by atoms with Gasteiger partial charge in [-0.1, -0.05) is 48.5 Å². The van der Waals surface area contributed by atoms with Gasteiger partial charge in [0.1, 0.15) is 6.61 Å². The fourth-order valence-corrected chi connectivity index (χ4v) is 1.85. The fraction of sp³-hybridized carbons (Fsp3) is 0.176. The third-order valence-electron chi connectivity index (χ3n) is 2.98. The van der Waals surface area contributed by atoms with Crippen molar-refractivity contribution in [1.82, 2.24) is 5.32 Å². The summed E-state index contributed by atoms with van der Waals surface area (Å²) in [5.41, 5.74) is 2.43. The quantitative estimate of drug-likeness (QED) is 0.856. The van der Waals surface area contributed by atoms with Crippen molar-refractivity contribution in [2.75, 3.05) is 0 Å². The Labute approximate surface area is 123 Å². The summed E-state index contributed by atoms with van der Waals surface area (Å²) in [5.74, 6) is 0.00324. The van der Waals surface area contributed by atoms with Gasteiger partial charge in [0.25, 0.3) is 0 Å². The number of carbonyl (C=O) groups excluding carboxylic acids is 2. The number of hydrogen-bond donors (Lipinski definition) is 1. The van der Waals surface area contributed by atoms with E-state index in [0.717, 1.165) is 11.1 Å². The van der Waals surface area contributed by atoms with Crippen molar-refractivity contribution in [1.29, 1.82) is 0 Å². The van der Waals surface area contributed by atoms with Crippen molar-refractivity contribution in [3.05, 3.63) is 71.3 Å². The van der Waals surface area contributed by atoms with E-state index in [1.807, 2.05) is 36.4 Å². The lowest BCUT2D eigenvalue weighted by Gasteiger charge is -2.08. The van der Waals surface area contributed by atoms with Gasteiger partial charge in [0, 0.05) is 12.1 Å². The van der Waals surface area contributed by atoms with Crippen LogP contribution in [0.3, 0.4) is 0 Å². The molecule has 4 nitrogen and oxygen atoms in total. The van der Waals surface area contributed by atoms with Crippen LogP contribution in [0.25, 0.3) is 0 Å². The number of benzene rings is 2. The molecule has 0 atom stereocenters. The molecule has 0 aliphatic heterocycles. The van der Waals surface area contributed by atoms with E-state index in [-0.39, 0.29) is 12.4 Å². The molecule has 0 aromatic heterocycles. The molecular weight excluding hydrogens is 266 g/mol. The number of nitrogens with one attached hydrogen (secondary N) is 1. The highest BCUT2D eigenvalue weighted by Crippen LogP contribution is 2.06. The number of rotatable bonds is 5. The molecule has 0 fully saturated rings. The molecule has 0 aliphatic rings. The standard InChI is InChI=1S/C17H17NO3/c1-13(19)16-9-5-8-15(10-16)11-18-17(20)21-12-14-6-3-2-4-7-14/h2-10H,11-12H2,1H3,(H,18,20). The topological polar surface area (TPSA) is 55.4 Å². The lowest BCUT2D eigenvalue weighted by Crippen LogP contribution is -2.23. The van der Waals surface area contributed by atoms with Gasteiger partial charge in [-0.2, -0.15) is 0 Å². The maximum absolute atomic E-state index is 11.6. The Morgan fingerprint density at radius 2 is 1.71 bits per heavy atom. The van der Waals surface area contributed by atoms with Crippen LogP contribution >= 0.6 is 0 Å². The first kappa shape index (κ1) is 14.8. The van der Waals surface area contributed by atoms with Crippen molar-refractivity contribution in [3.63, 3.8) is 0 Å². The summed E-state index contributed by atoms with van der Waals surface area (Å²) in [7, 11) is 0. The molecule has 1 amide bonds. The summed E-state index contributed by atoms with van der Waals surface area (Å²) in [5, 5.41) is 2.66. The van der Waals surface area contributed by atoms with Crippen molar-refractivity contribution < 1.29 is 14.3 Å². The summed E-state index contributed by atoms with van der Waals surface area (Å²) < 4.78 is 5.11. The monoisotopic (exact) mass is 283 g/mol. The third-order valence-corrected chi connectivity index (χ3v) is 2.98. The second-order valence-corrected chi connectivity index (χ2v) is 4.67. The summed E-state index contributed by atoms with van der Waals surface area (Å²) in [4.78, 5) is 22.9. The Bertz CT molecular complexity index is 623. The molecule has 1 N–H and O–H groups in total. The van der Waals surface area contributed by atoms with E-state index >= 15 is 0 Å². The van der Waals surface area contributed by atoms with Crippen molar-refractivity contribution in [2.45, 2.75) is 20.1 Å². The highest BCUT2D eigenvalue weighted by Gasteiger charge is 2.04. The summed E-state index contributed by atoms with van der Waals surface area (Å²) in [6.07, 6.45) is -0.480. The average molecular weight is 283 g/mol. The summed E-state index contributed by atoms with van der Waals surface area (Å²) >= 11 is 0. The Morgan fingerprint density at radius 1 is 1.00 bits per heavy atom. The number of Topliss-reactive ketones (excluding diaryl/α,β-unsaturated/α-hetero) is 1. The summed E-state index contributed by atoms with van der Waals surface area (Å²) in [6.45, 7) is 2.08. The van der Waals surface area contributed by atoms with Crippen LogP contribution in [0.2, 0.25) is 0 Å². The molecule has 0 unspecified atom stereocenters. The predicted molar refractivity (Wildman–Crippen MR) is 79.9 cm³/mol. The van der Waals surface area contributed by atoms with E-state index in [0.29, 0.717) is 12.1 Å². The van der Waals surface area contributed by atoms with Crippen LogP contribution in [-0.2, 0) is 17.9 Å². The maximum Gasteiger partial charge on any atom is 0.407 e. The van der Waals surface area contributed by atoms with E-state index in [2.05, 4.69) is 5.32 Å². The van der Waals surface area contributed by atoms with Gasteiger partial charge in [-0.25, -0.2) is 4.79 Å². The molecule has 0 aliphatic carbocycles. The zero-order valence-electron chi connectivity index (χ0n) is 11.8. The SMILES string of the molecule is CC(=O)c1cccc(CNC(=O)OCc2ccccc2)c1. The molecule has 0 bridgehead atoms. The second kappa shape index (κ2) is 7.24. The third kappa shape index (κ3) is 4.76. The Kier molecular flexibility index (Phi) is 5.10. The van der Waals surface area contributed by atoms with Crippen molar-refractivity contribution in [3.8, 4) is 0 Å². The van der Waals surface area contributed by atoms with Gasteiger partial charge in [-0.3, -0.25) is 4.79 Å². The smallest absolute Gasteiger partial charge is 0.407 e. The van der Waals surface area contributed by atoms with Crippen LogP contribution in [0.1, 0.15) is 28.4 Å². The van der Waals surface area contributed by atoms with Crippen molar-refractivity contribution in [2.24, 2.45) is 0 Å². The fourth-order valence-electron chi connectivity index (χ4n) is 1.85. The molecule has 21 heavy (non-hydrogen) atoms. The Hall–Kier alpha value is -2.62. The number of ether oxygens (including phenoxy) is 1. The van der Waals surface area contributed by atoms with Gasteiger partial charge in [-0.15, -0.1) is 0 Å². The molecule has 108 valence electrons. The Morgan fingerprint density at radius 3 is 2.43 bits per heavy atom. The van der Waals surface area contributed by atoms with Crippen molar-refractivity contribution >= 4 is 11.9 Å². The molecule has 2 rings (SSSR count). The number of amides is 1. The van der Waals surface area contributed by atoms with E-state index in [4.69, 9.17) is 4.74 Å². The van der Waals surface area contributed by atoms with E-state index in [1.165, 1.54) is 6.92 Å². The molecular formula is C17H17NO3. The van der Waals surface area contributed by atoms with Crippen LogP contribution < -0.4 is 5.32 Å². The van der Waals surface area contributed by atoms with Crippen LogP contribution in [0.5, 0.6) is 0 Å². The average Bonchev–Trinajstić information content (AvgIpc) is 2.52. The number of carbonyl (C=O) groups is 2. The van der Waals surface area contributed by atoms with E-state index in [1.54, 1.807) is 18.2 Å². The molecule has 0 spiro atoms. The van der Waals surface area contributed by atoms with Gasteiger partial charge in [0.05, 0.1) is 0 Å². The largest absolute Gasteiger partial charge is 0.445 e. The van der Waals surface area contributed by atoms with E-state index < -0.39 is 6.09 Å². The minimum Gasteiger partial charge on any atom is -0.445 e. The zero-order chi connectivity index (χ0) is 15.1. The minimum absolute atomic E-state index is 0.00324. The van der Waals surface area contributed by atoms with Crippen LogP contribution in [0.15, 0.2) is 54.6 Å². The van der Waals surface area contributed by atoms with Gasteiger partial charge < -0.3 is 10.1 Å². The lowest BCUT2D eigenvalue weighted by molar-refractivity contribution is 0.101. The molecule has 2 aromatic carbocycles. The molecule has 4 heteroatoms. The second-order valence-electron chi connectivity index (χ2n) is 4.67. The van der Waals surface area contributed by atoms with Crippen LogP contribution in [-0.4, -0.2) is 11.9 Å². The molecule has 0 saturated carbocycles. The number of alkyl carbamates (subject to hydrolysis) is 1. The van der Waals surface area contributed by atoms with Crippen LogP contribution in [0, 0.1) is 0 Å². The minimum atomic E-state index is -0.480. The summed E-state index contributed by atoms with van der Waals surface area (Å²) in [6, 6.07) is 16.6. The molecule has 0 radical (unpaired) electrons. The van der Waals surface area contributed by atoms with Crippen LogP contribution in [0.4, 0.5) is 4.79 Å². The zero-order valence-corrected chi connectivity index (χ0v) is 11.8. The number of ketones is 1. The van der Waals surface area contributed by atoms with Gasteiger partial charge in [-0.05, 0) is 24.1 Å². The Balaban J connectivity index is 1.81. The van der Waals surface area contributed by atoms with E-state index in [9.17, 15) is 9.59 Å². The normalized spacial score (nSPS) is 9.95. The first-order valence-corrected chi connectivity index (χ1v) is 6.69. The predicted octanol–water partition coefficient (Wildman–Crippen LogP) is 3.32. The molecule has 0 saturated heterocycles. The molecule has 2 aromatic rings. The van der Waals surface area contributed by atoms with Gasteiger partial charge in [0.2, 0.25) is 0 Å². The van der Waals surface area contributed by atoms with Gasteiger partial charge in [0.15, 0.2) is 5.78 Å². The first-order chi connectivity index (χ1) is 10.1. The molecule has 0 heterocycles. The van der Waals surface area contributed by atoms with Gasteiger partial charge >= 0.3 is 6.09 Å². The highest BCUT2D eigenvalue weighted by molar-refractivity contribution is 5.94. The first-order valence-electron chi connectivity index (χ1n) is 6.69. The number of hydrogen-bond acceptors (Lipinski definition) is 3.